The van der Waals surface area contributed by atoms with Crippen LogP contribution in [0, 0.1) is 11.3 Å². The molecule has 33 heavy (non-hydrogen) atoms. The van der Waals surface area contributed by atoms with E-state index in [4.69, 9.17) is 9.47 Å². The van der Waals surface area contributed by atoms with E-state index < -0.39 is 11.9 Å². The van der Waals surface area contributed by atoms with Gasteiger partial charge in [-0.2, -0.15) is 5.26 Å². The molecule has 0 atom stereocenters. The Kier molecular flexibility index (Phi) is 8.11. The van der Waals surface area contributed by atoms with Gasteiger partial charge in [0.05, 0.1) is 18.7 Å². The molecule has 170 valence electrons. The topological polar surface area (TPSA) is 113 Å². The molecule has 0 aliphatic carbocycles. The average Bonchev–Trinajstić information content (AvgIpc) is 3.24. The Bertz CT molecular complexity index is 1240. The molecule has 1 aromatic heterocycles. The molecule has 0 spiro atoms. The van der Waals surface area contributed by atoms with Crippen molar-refractivity contribution in [3.63, 3.8) is 0 Å². The van der Waals surface area contributed by atoms with E-state index in [0.717, 1.165) is 16.5 Å². The Morgan fingerprint density at radius 1 is 1.24 bits per heavy atom. The Hall–Kier alpha value is -3.77. The molecule has 0 fully saturated rings. The van der Waals surface area contributed by atoms with Crippen molar-refractivity contribution in [2.24, 2.45) is 0 Å². The van der Waals surface area contributed by atoms with Crippen molar-refractivity contribution in [1.29, 1.82) is 5.26 Å². The van der Waals surface area contributed by atoms with Crippen molar-refractivity contribution < 1.29 is 23.8 Å². The highest BCUT2D eigenvalue weighted by molar-refractivity contribution is 9.10. The quantitative estimate of drug-likeness (QED) is 0.257. The highest BCUT2D eigenvalue weighted by atomic mass is 79.9. The van der Waals surface area contributed by atoms with Crippen molar-refractivity contribution >= 4 is 44.8 Å². The van der Waals surface area contributed by atoms with Gasteiger partial charge in [-0.25, -0.2) is 4.79 Å². The summed E-state index contributed by atoms with van der Waals surface area (Å²) in [5, 5.41) is 13.4. The lowest BCUT2D eigenvalue weighted by Crippen LogP contribution is -2.26. The molecule has 0 aliphatic heterocycles. The molecular weight excluding hydrogens is 490 g/mol. The normalized spacial score (nSPS) is 11.0. The number of ether oxygens (including phenoxy) is 3. The minimum absolute atomic E-state index is 0.0499. The monoisotopic (exact) mass is 511 g/mol. The fourth-order valence-electron chi connectivity index (χ4n) is 3.21. The van der Waals surface area contributed by atoms with Gasteiger partial charge in [-0.3, -0.25) is 4.79 Å². The summed E-state index contributed by atoms with van der Waals surface area (Å²) >= 11 is 3.37. The first-order chi connectivity index (χ1) is 16.0. The molecule has 0 unspecified atom stereocenters. The van der Waals surface area contributed by atoms with Gasteiger partial charge in [0.2, 0.25) is 0 Å². The number of halogens is 1. The number of benzene rings is 2. The summed E-state index contributed by atoms with van der Waals surface area (Å²) in [4.78, 5) is 27.1. The zero-order valence-electron chi connectivity index (χ0n) is 18.1. The van der Waals surface area contributed by atoms with Crippen molar-refractivity contribution in [2.75, 3.05) is 27.4 Å². The summed E-state index contributed by atoms with van der Waals surface area (Å²) in [6.07, 6.45) is 4.00. The third kappa shape index (κ3) is 5.93. The summed E-state index contributed by atoms with van der Waals surface area (Å²) in [6, 6.07) is 13.1. The lowest BCUT2D eigenvalue weighted by Gasteiger charge is -2.13. The molecule has 2 N–H and O–H groups in total. The number of hydrogen-bond acceptors (Lipinski definition) is 6. The highest BCUT2D eigenvalue weighted by Crippen LogP contribution is 2.37. The second-order valence-corrected chi connectivity index (χ2v) is 7.79. The number of nitrogens with one attached hydrogen (secondary N) is 2. The number of hydrogen-bond donors (Lipinski definition) is 2. The van der Waals surface area contributed by atoms with Crippen LogP contribution in [0.15, 0.2) is 52.6 Å². The maximum absolute atomic E-state index is 12.6. The van der Waals surface area contributed by atoms with Crippen molar-refractivity contribution in [2.45, 2.75) is 6.42 Å². The molecule has 0 aliphatic rings. The predicted molar refractivity (Wildman–Crippen MR) is 127 cm³/mol. The standard InChI is InChI=1S/C24H22BrN3O5/c1-31-21-11-15(10-19(25)23(21)33-14-22(29)32-2)9-17(12-26)24(30)27-8-7-16-13-28-20-6-4-3-5-18(16)20/h3-6,9-11,13,28H,7-8,14H2,1-2H3,(H,27,30)/b17-9-. The molecule has 3 aromatic rings. The number of rotatable bonds is 9. The smallest absolute Gasteiger partial charge is 0.343 e. The van der Waals surface area contributed by atoms with Gasteiger partial charge < -0.3 is 24.5 Å². The number of nitriles is 1. The number of esters is 1. The third-order valence-electron chi connectivity index (χ3n) is 4.84. The first kappa shape index (κ1) is 23.9. The molecule has 9 heteroatoms. The van der Waals surface area contributed by atoms with Crippen LogP contribution in [-0.4, -0.2) is 44.2 Å². The van der Waals surface area contributed by atoms with Gasteiger partial charge in [-0.15, -0.1) is 0 Å². The van der Waals surface area contributed by atoms with Gasteiger partial charge in [0.1, 0.15) is 11.6 Å². The fourth-order valence-corrected chi connectivity index (χ4v) is 3.79. The summed E-state index contributed by atoms with van der Waals surface area (Å²) < 4.78 is 15.8. The van der Waals surface area contributed by atoms with Gasteiger partial charge in [0, 0.05) is 23.6 Å². The van der Waals surface area contributed by atoms with E-state index in [9.17, 15) is 14.9 Å². The van der Waals surface area contributed by atoms with Crippen LogP contribution < -0.4 is 14.8 Å². The number of fused-ring (bicyclic) bond motifs is 1. The van der Waals surface area contributed by atoms with Crippen molar-refractivity contribution in [1.82, 2.24) is 10.3 Å². The number of para-hydroxylation sites is 1. The van der Waals surface area contributed by atoms with E-state index in [1.165, 1.54) is 20.3 Å². The predicted octanol–water partition coefficient (Wildman–Crippen LogP) is 3.76. The number of nitrogens with zero attached hydrogens (tertiary/aromatic N) is 1. The van der Waals surface area contributed by atoms with Crippen LogP contribution in [0.5, 0.6) is 11.5 Å². The van der Waals surface area contributed by atoms with Crippen LogP contribution in [0.2, 0.25) is 0 Å². The maximum Gasteiger partial charge on any atom is 0.343 e. The SMILES string of the molecule is COC(=O)COc1c(Br)cc(/C=C(/C#N)C(=O)NCCc2c[nH]c3ccccc23)cc1OC. The van der Waals surface area contributed by atoms with Crippen LogP contribution in [0.25, 0.3) is 17.0 Å². The zero-order chi connectivity index (χ0) is 23.8. The molecule has 0 saturated heterocycles. The lowest BCUT2D eigenvalue weighted by molar-refractivity contribution is -0.142. The number of carbonyl (C=O) groups is 2. The van der Waals surface area contributed by atoms with Crippen molar-refractivity contribution in [3.05, 3.63) is 63.8 Å². The van der Waals surface area contributed by atoms with Crippen LogP contribution >= 0.6 is 15.9 Å². The summed E-state index contributed by atoms with van der Waals surface area (Å²) in [7, 11) is 2.71. The number of amides is 1. The molecule has 2 aromatic carbocycles. The molecular formula is C24H22BrN3O5. The van der Waals surface area contributed by atoms with E-state index in [1.54, 1.807) is 12.1 Å². The van der Waals surface area contributed by atoms with E-state index in [0.29, 0.717) is 34.5 Å². The number of carbonyl (C=O) groups excluding carboxylic acids is 2. The van der Waals surface area contributed by atoms with Crippen LogP contribution in [0.1, 0.15) is 11.1 Å². The van der Waals surface area contributed by atoms with E-state index in [1.807, 2.05) is 36.5 Å². The number of aromatic nitrogens is 1. The van der Waals surface area contributed by atoms with Gasteiger partial charge in [0.15, 0.2) is 18.1 Å². The highest BCUT2D eigenvalue weighted by Gasteiger charge is 2.15. The molecule has 1 heterocycles. The second-order valence-electron chi connectivity index (χ2n) is 6.93. The summed E-state index contributed by atoms with van der Waals surface area (Å²) in [5.74, 6) is -0.374. The zero-order valence-corrected chi connectivity index (χ0v) is 19.7. The van der Waals surface area contributed by atoms with Crippen LogP contribution in [-0.2, 0) is 20.7 Å². The van der Waals surface area contributed by atoms with Gasteiger partial charge >= 0.3 is 5.97 Å². The third-order valence-corrected chi connectivity index (χ3v) is 5.43. The van der Waals surface area contributed by atoms with E-state index in [2.05, 4.69) is 31.0 Å². The Labute approximate surface area is 199 Å². The average molecular weight is 512 g/mol. The van der Waals surface area contributed by atoms with Gasteiger partial charge in [-0.1, -0.05) is 18.2 Å². The van der Waals surface area contributed by atoms with E-state index >= 15 is 0 Å². The maximum atomic E-state index is 12.6. The van der Waals surface area contributed by atoms with Crippen LogP contribution in [0.4, 0.5) is 0 Å². The Morgan fingerprint density at radius 3 is 2.76 bits per heavy atom. The Balaban J connectivity index is 1.69. The van der Waals surface area contributed by atoms with Gasteiger partial charge in [-0.05, 0) is 57.8 Å². The number of aromatic amines is 1. The van der Waals surface area contributed by atoms with E-state index in [-0.39, 0.29) is 12.2 Å². The summed E-state index contributed by atoms with van der Waals surface area (Å²) in [5.41, 5.74) is 2.62. The largest absolute Gasteiger partial charge is 0.493 e. The molecule has 8 nitrogen and oxygen atoms in total. The minimum atomic E-state index is -0.538. The molecule has 0 radical (unpaired) electrons. The minimum Gasteiger partial charge on any atom is -0.493 e. The molecule has 1 amide bonds. The Morgan fingerprint density at radius 2 is 2.03 bits per heavy atom. The molecule has 0 saturated carbocycles. The molecule has 3 rings (SSSR count). The van der Waals surface area contributed by atoms with Crippen molar-refractivity contribution in [3.8, 4) is 17.6 Å². The first-order valence-electron chi connectivity index (χ1n) is 9.99. The molecule has 0 bridgehead atoms. The van der Waals surface area contributed by atoms with Gasteiger partial charge in [0.25, 0.3) is 5.91 Å². The fraction of sp³-hybridized carbons (Fsp3) is 0.208. The number of methoxy groups -OCH3 is 2. The second kappa shape index (κ2) is 11.2. The number of H-pyrrole nitrogens is 1. The first-order valence-corrected chi connectivity index (χ1v) is 10.8. The lowest BCUT2D eigenvalue weighted by atomic mass is 10.1. The summed E-state index contributed by atoms with van der Waals surface area (Å²) in [6.45, 7) is 0.0932. The van der Waals surface area contributed by atoms with Crippen LogP contribution in [0.3, 0.4) is 0 Å².